The molecule has 3 aromatic carbocycles. The van der Waals surface area contributed by atoms with Crippen molar-refractivity contribution in [1.82, 2.24) is 20.6 Å². The van der Waals surface area contributed by atoms with Gasteiger partial charge >= 0.3 is 0 Å². The molecule has 1 amide bonds. The van der Waals surface area contributed by atoms with Gasteiger partial charge in [-0.25, -0.2) is 4.98 Å². The maximum absolute atomic E-state index is 13.8. The Morgan fingerprint density at radius 3 is 2.67 bits per heavy atom. The van der Waals surface area contributed by atoms with Gasteiger partial charge in [0.15, 0.2) is 0 Å². The van der Waals surface area contributed by atoms with Crippen LogP contribution in [0.2, 0.25) is 5.02 Å². The Balaban J connectivity index is 1.28. The molecule has 0 spiro atoms. The lowest BCUT2D eigenvalue weighted by Gasteiger charge is -2.13. The maximum atomic E-state index is 13.8. The average Bonchev–Trinajstić information content (AvgIpc) is 3.49. The van der Waals surface area contributed by atoms with Crippen molar-refractivity contribution in [3.05, 3.63) is 122 Å². The zero-order chi connectivity index (χ0) is 32.0. The molecule has 9 heteroatoms. The van der Waals surface area contributed by atoms with Crippen molar-refractivity contribution < 1.29 is 4.79 Å². The zero-order valence-corrected chi connectivity index (χ0v) is 28.1. The number of rotatable bonds is 9. The van der Waals surface area contributed by atoms with E-state index in [0.717, 1.165) is 56.5 Å². The fourth-order valence-electron chi connectivity index (χ4n) is 5.48. The van der Waals surface area contributed by atoms with E-state index >= 15 is 0 Å². The van der Waals surface area contributed by atoms with Crippen LogP contribution < -0.4 is 16.4 Å². The Morgan fingerprint density at radius 2 is 1.89 bits per heavy atom. The molecule has 5 aromatic rings. The number of pyridine rings is 1. The summed E-state index contributed by atoms with van der Waals surface area (Å²) in [5.41, 5.74) is 12.0. The van der Waals surface area contributed by atoms with Crippen molar-refractivity contribution in [3.63, 3.8) is 0 Å². The molecule has 0 fully saturated rings. The normalized spacial score (nSPS) is 14.3. The topological polar surface area (TPSA) is 95.8 Å². The summed E-state index contributed by atoms with van der Waals surface area (Å²) in [4.78, 5) is 22.1. The summed E-state index contributed by atoms with van der Waals surface area (Å²) in [6.07, 6.45) is 10.1. The predicted octanol–water partition coefficient (Wildman–Crippen LogP) is 8.22. The van der Waals surface area contributed by atoms with Gasteiger partial charge in [-0.1, -0.05) is 87.4 Å². The second kappa shape index (κ2) is 14.7. The highest BCUT2D eigenvalue weighted by Crippen LogP contribution is 2.33. The molecular formula is C37H32BrCl2N5O. The van der Waals surface area contributed by atoms with Crippen LogP contribution in [0, 0.1) is 17.8 Å². The number of nitrogens with zero attached hydrogens (tertiary/aromatic N) is 1. The lowest BCUT2D eigenvalue weighted by molar-refractivity contribution is 0.0952. The van der Waals surface area contributed by atoms with Crippen LogP contribution in [0.25, 0.3) is 33.1 Å². The molecule has 1 unspecified atom stereocenters. The highest BCUT2D eigenvalue weighted by atomic mass is 79.9. The van der Waals surface area contributed by atoms with Gasteiger partial charge in [0.05, 0.1) is 28.3 Å². The van der Waals surface area contributed by atoms with Crippen LogP contribution in [-0.4, -0.2) is 29.0 Å². The van der Waals surface area contributed by atoms with Crippen LogP contribution in [0.5, 0.6) is 0 Å². The minimum atomic E-state index is -0.214. The lowest BCUT2D eigenvalue weighted by atomic mass is 9.97. The van der Waals surface area contributed by atoms with Crippen molar-refractivity contribution in [1.29, 1.82) is 0 Å². The number of amides is 1. The van der Waals surface area contributed by atoms with E-state index in [4.69, 9.17) is 33.9 Å². The summed E-state index contributed by atoms with van der Waals surface area (Å²) < 4.78 is 0.953. The molecule has 2 aromatic heterocycles. The van der Waals surface area contributed by atoms with Crippen molar-refractivity contribution in [3.8, 4) is 23.1 Å². The lowest BCUT2D eigenvalue weighted by Crippen LogP contribution is -2.23. The van der Waals surface area contributed by atoms with E-state index < -0.39 is 0 Å². The number of carbonyl (C=O) groups excluding carboxylic acids is 1. The van der Waals surface area contributed by atoms with Crippen LogP contribution in [0.4, 0.5) is 0 Å². The van der Waals surface area contributed by atoms with Crippen molar-refractivity contribution in [2.24, 2.45) is 11.7 Å². The summed E-state index contributed by atoms with van der Waals surface area (Å²) >= 11 is 16.3. The fraction of sp³-hybridized carbons (Fsp3) is 0.189. The first-order valence-electron chi connectivity index (χ1n) is 15.1. The number of hydrogen-bond donors (Lipinski definition) is 4. The molecule has 1 atom stereocenters. The van der Waals surface area contributed by atoms with Gasteiger partial charge in [0.1, 0.15) is 0 Å². The number of aromatic amines is 1. The minimum absolute atomic E-state index is 0.214. The Morgan fingerprint density at radius 1 is 1.07 bits per heavy atom. The molecule has 5 N–H and O–H groups in total. The Kier molecular flexibility index (Phi) is 10.2. The number of carbonyl (C=O) groups is 1. The van der Waals surface area contributed by atoms with E-state index in [1.54, 1.807) is 6.07 Å². The van der Waals surface area contributed by atoms with Crippen LogP contribution in [-0.2, 0) is 13.1 Å². The molecule has 0 aliphatic heterocycles. The smallest absolute Gasteiger partial charge is 0.252 e. The molecule has 6 rings (SSSR count). The number of aromatic nitrogens is 2. The third kappa shape index (κ3) is 7.55. The number of H-pyrrole nitrogens is 1. The number of hydrogen-bond acceptors (Lipinski definition) is 4. The highest BCUT2D eigenvalue weighted by Gasteiger charge is 2.18. The summed E-state index contributed by atoms with van der Waals surface area (Å²) in [7, 11) is 0. The molecule has 0 bridgehead atoms. The average molecular weight is 714 g/mol. The number of fused-ring (bicyclic) bond motifs is 2. The molecule has 0 radical (unpaired) electrons. The quantitative estimate of drug-likeness (QED) is 0.0915. The zero-order valence-electron chi connectivity index (χ0n) is 25.0. The van der Waals surface area contributed by atoms with Crippen molar-refractivity contribution in [2.45, 2.75) is 25.9 Å². The van der Waals surface area contributed by atoms with Crippen LogP contribution in [0.15, 0.2) is 94.6 Å². The molecule has 1 aliphatic rings. The monoisotopic (exact) mass is 711 g/mol. The first-order valence-corrected chi connectivity index (χ1v) is 16.6. The van der Waals surface area contributed by atoms with E-state index in [-0.39, 0.29) is 5.91 Å². The first kappa shape index (κ1) is 32.1. The number of benzene rings is 3. The van der Waals surface area contributed by atoms with Gasteiger partial charge in [-0.05, 0) is 78.9 Å². The van der Waals surface area contributed by atoms with Gasteiger partial charge in [-0.15, -0.1) is 0 Å². The van der Waals surface area contributed by atoms with Gasteiger partial charge in [0, 0.05) is 56.2 Å². The van der Waals surface area contributed by atoms with Crippen LogP contribution >= 0.6 is 39.1 Å². The molecular weight excluding hydrogens is 681 g/mol. The summed E-state index contributed by atoms with van der Waals surface area (Å²) in [6.45, 7) is 2.20. The number of halogens is 3. The number of nitrogens with one attached hydrogen (secondary N) is 3. The summed E-state index contributed by atoms with van der Waals surface area (Å²) in [6, 6.07) is 19.4. The second-order valence-electron chi connectivity index (χ2n) is 11.2. The van der Waals surface area contributed by atoms with Gasteiger partial charge in [-0.3, -0.25) is 4.79 Å². The van der Waals surface area contributed by atoms with Gasteiger partial charge in [-0.2, -0.15) is 0 Å². The van der Waals surface area contributed by atoms with E-state index in [2.05, 4.69) is 55.5 Å². The Bertz CT molecular complexity index is 2040. The van der Waals surface area contributed by atoms with Crippen LogP contribution in [0.1, 0.15) is 39.9 Å². The SMILES string of the molecule is NCc1ccc(CNC(=O)c2cc(-c3c[nH]c4ccc(Br)cc34)nc3cc(Cl)c(C#CCNCCC4C=CC(Cl)=CC4)cc23)cc1. The molecule has 0 saturated heterocycles. The van der Waals surface area contributed by atoms with Crippen molar-refractivity contribution >= 4 is 66.8 Å². The molecule has 2 heterocycles. The summed E-state index contributed by atoms with van der Waals surface area (Å²) in [5, 5.41) is 9.43. The third-order valence-electron chi connectivity index (χ3n) is 8.05. The van der Waals surface area contributed by atoms with Gasteiger partial charge in [0.2, 0.25) is 0 Å². The first-order chi connectivity index (χ1) is 22.4. The van der Waals surface area contributed by atoms with E-state index in [1.807, 2.05) is 66.9 Å². The van der Waals surface area contributed by atoms with Crippen molar-refractivity contribution in [2.75, 3.05) is 13.1 Å². The predicted molar refractivity (Wildman–Crippen MR) is 193 cm³/mol. The van der Waals surface area contributed by atoms with E-state index in [1.165, 1.54) is 0 Å². The van der Waals surface area contributed by atoms with Crippen LogP contribution in [0.3, 0.4) is 0 Å². The minimum Gasteiger partial charge on any atom is -0.360 e. The maximum Gasteiger partial charge on any atom is 0.252 e. The molecule has 0 saturated carbocycles. The second-order valence-corrected chi connectivity index (χ2v) is 13.0. The standard InChI is InChI=1S/C37H32BrCl2N5O/c38-27-9-12-34-30(17-27)32(22-43-34)35-18-31(37(46)44-21-25-5-3-24(20-41)4-6-25)29-16-26(33(40)19-36(29)45-35)2-1-14-42-15-13-23-7-10-28(39)11-8-23/h3-7,9-12,16-19,22-23,42-43H,8,13-15,20-21,41H2,(H,44,46). The molecule has 1 aliphatic carbocycles. The Labute approximate surface area is 286 Å². The fourth-order valence-corrected chi connectivity index (χ4v) is 6.20. The summed E-state index contributed by atoms with van der Waals surface area (Å²) in [5.74, 6) is 6.64. The third-order valence-corrected chi connectivity index (χ3v) is 9.13. The van der Waals surface area contributed by atoms with Gasteiger partial charge in [0.25, 0.3) is 5.91 Å². The Hall–Kier alpha value is -3.90. The van der Waals surface area contributed by atoms with E-state index in [9.17, 15) is 4.79 Å². The molecule has 6 nitrogen and oxygen atoms in total. The van der Waals surface area contributed by atoms with E-state index in [0.29, 0.717) is 58.3 Å². The van der Waals surface area contributed by atoms with Gasteiger partial charge < -0.3 is 21.4 Å². The number of nitrogens with two attached hydrogens (primary N) is 1. The highest BCUT2D eigenvalue weighted by molar-refractivity contribution is 9.10. The molecule has 232 valence electrons. The number of allylic oxidation sites excluding steroid dienone is 4. The largest absolute Gasteiger partial charge is 0.360 e. The molecule has 46 heavy (non-hydrogen) atoms.